The van der Waals surface area contributed by atoms with Gasteiger partial charge in [-0.1, -0.05) is 0 Å². The van der Waals surface area contributed by atoms with Gasteiger partial charge in [-0.2, -0.15) is 0 Å². The maximum atomic E-state index is 3.52. The molecule has 140 valence electrons. The van der Waals surface area contributed by atoms with Crippen molar-refractivity contribution >= 4 is 22.7 Å². The fourth-order valence-electron chi connectivity index (χ4n) is 3.20. The Bertz CT molecular complexity index is 510. The quantitative estimate of drug-likeness (QED) is 0.513. The van der Waals surface area contributed by atoms with E-state index in [1.165, 1.54) is 61.3 Å². The highest BCUT2D eigenvalue weighted by molar-refractivity contribution is 5.54. The highest BCUT2D eigenvalue weighted by Gasteiger charge is 1.98. The van der Waals surface area contributed by atoms with Crippen molar-refractivity contribution < 1.29 is 0 Å². The molecule has 0 aliphatic carbocycles. The van der Waals surface area contributed by atoms with Crippen molar-refractivity contribution in [1.82, 2.24) is 0 Å². The lowest BCUT2D eigenvalue weighted by molar-refractivity contribution is 0.720. The van der Waals surface area contributed by atoms with Crippen LogP contribution in [-0.4, -0.2) is 26.2 Å². The Morgan fingerprint density at radius 1 is 0.346 bits per heavy atom. The van der Waals surface area contributed by atoms with Gasteiger partial charge in [0, 0.05) is 48.9 Å². The third kappa shape index (κ3) is 6.51. The van der Waals surface area contributed by atoms with Gasteiger partial charge >= 0.3 is 0 Å². The standard InChI is InChI=1S/C22H32N4/c1-3-15-23-19-7-11-21(12-8-19)25-17-5-2-6-18-26-22-13-9-20(10-14-22)24-16-4-1/h7-14,23-26H,1-6,15-18H2. The second-order valence-corrected chi connectivity index (χ2v) is 6.98. The van der Waals surface area contributed by atoms with E-state index >= 15 is 0 Å². The van der Waals surface area contributed by atoms with Gasteiger partial charge in [-0.3, -0.25) is 0 Å². The summed E-state index contributed by atoms with van der Waals surface area (Å²) < 4.78 is 0. The van der Waals surface area contributed by atoms with Crippen LogP contribution in [0, 0.1) is 0 Å². The van der Waals surface area contributed by atoms with Crippen molar-refractivity contribution in [3.8, 4) is 0 Å². The predicted molar refractivity (Wildman–Crippen MR) is 115 cm³/mol. The van der Waals surface area contributed by atoms with Crippen LogP contribution in [0.15, 0.2) is 48.5 Å². The van der Waals surface area contributed by atoms with Crippen molar-refractivity contribution in [2.24, 2.45) is 0 Å². The lowest BCUT2D eigenvalue weighted by Gasteiger charge is -2.11. The Balaban J connectivity index is 1.50. The molecule has 0 atom stereocenters. The van der Waals surface area contributed by atoms with E-state index < -0.39 is 0 Å². The second-order valence-electron chi connectivity index (χ2n) is 6.98. The lowest BCUT2D eigenvalue weighted by Crippen LogP contribution is -2.06. The maximum absolute atomic E-state index is 3.52. The molecule has 0 aromatic heterocycles. The lowest BCUT2D eigenvalue weighted by atomic mass is 10.2. The topological polar surface area (TPSA) is 48.1 Å². The zero-order valence-electron chi connectivity index (χ0n) is 15.7. The van der Waals surface area contributed by atoms with Crippen LogP contribution in [0.25, 0.3) is 0 Å². The summed E-state index contributed by atoms with van der Waals surface area (Å²) in [6.07, 6.45) is 7.27. The maximum Gasteiger partial charge on any atom is 0.0341 e. The van der Waals surface area contributed by atoms with Crippen LogP contribution < -0.4 is 21.3 Å². The van der Waals surface area contributed by atoms with E-state index in [9.17, 15) is 0 Å². The van der Waals surface area contributed by atoms with E-state index in [0.717, 1.165) is 26.2 Å². The average Bonchev–Trinajstić information content (AvgIpc) is 2.68. The van der Waals surface area contributed by atoms with Crippen LogP contribution in [0.5, 0.6) is 0 Å². The first-order valence-corrected chi connectivity index (χ1v) is 10.1. The molecule has 26 heavy (non-hydrogen) atoms. The fraction of sp³-hybridized carbons (Fsp3) is 0.455. The van der Waals surface area contributed by atoms with Crippen molar-refractivity contribution in [3.05, 3.63) is 48.5 Å². The number of anilines is 4. The number of rotatable bonds is 0. The van der Waals surface area contributed by atoms with E-state index in [0.29, 0.717) is 0 Å². The summed E-state index contributed by atoms with van der Waals surface area (Å²) in [6, 6.07) is 17.4. The van der Waals surface area contributed by atoms with Gasteiger partial charge in [-0.25, -0.2) is 0 Å². The Kier molecular flexibility index (Phi) is 7.51. The molecule has 0 amide bonds. The second kappa shape index (κ2) is 10.6. The van der Waals surface area contributed by atoms with Gasteiger partial charge < -0.3 is 21.3 Å². The molecule has 4 aliphatic heterocycles. The van der Waals surface area contributed by atoms with Gasteiger partial charge in [0.15, 0.2) is 0 Å². The number of nitrogens with one attached hydrogen (secondary N) is 4. The first-order valence-electron chi connectivity index (χ1n) is 10.1. The fourth-order valence-corrected chi connectivity index (χ4v) is 3.20. The van der Waals surface area contributed by atoms with E-state index in [1.807, 2.05) is 0 Å². The van der Waals surface area contributed by atoms with Crippen molar-refractivity contribution in [2.75, 3.05) is 47.4 Å². The summed E-state index contributed by atoms with van der Waals surface area (Å²) in [5, 5.41) is 14.1. The van der Waals surface area contributed by atoms with Crippen LogP contribution in [0.2, 0.25) is 0 Å². The van der Waals surface area contributed by atoms with Crippen LogP contribution in [0.4, 0.5) is 22.7 Å². The number of benzene rings is 2. The average molecular weight is 353 g/mol. The molecule has 2 aromatic rings. The molecular formula is C22H32N4. The SMILES string of the molecule is c1cc2ccc1NCCCCCNc1ccc(cc1)NCCCCCN2. The number of hydrogen-bond acceptors (Lipinski definition) is 4. The summed E-state index contributed by atoms with van der Waals surface area (Å²) in [7, 11) is 0. The molecule has 2 aromatic carbocycles. The van der Waals surface area contributed by atoms with Crippen molar-refractivity contribution in [3.63, 3.8) is 0 Å². The Hall–Kier alpha value is -2.36. The largest absolute Gasteiger partial charge is 0.385 e. The van der Waals surface area contributed by atoms with Crippen LogP contribution in [0.1, 0.15) is 38.5 Å². The summed E-state index contributed by atoms with van der Waals surface area (Å²) >= 11 is 0. The molecule has 0 unspecified atom stereocenters. The van der Waals surface area contributed by atoms with Crippen molar-refractivity contribution in [1.29, 1.82) is 0 Å². The minimum absolute atomic E-state index is 1.03. The Morgan fingerprint density at radius 2 is 0.577 bits per heavy atom. The van der Waals surface area contributed by atoms with Gasteiger partial charge in [0.1, 0.15) is 0 Å². The highest BCUT2D eigenvalue weighted by Crippen LogP contribution is 2.16. The molecule has 4 heteroatoms. The molecule has 0 radical (unpaired) electrons. The third-order valence-corrected chi connectivity index (χ3v) is 4.79. The molecule has 0 saturated heterocycles. The minimum Gasteiger partial charge on any atom is -0.385 e. The molecule has 4 N–H and O–H groups in total. The van der Waals surface area contributed by atoms with Gasteiger partial charge in [-0.15, -0.1) is 0 Å². The van der Waals surface area contributed by atoms with Gasteiger partial charge in [0.2, 0.25) is 0 Å². The normalized spacial score (nSPS) is 16.9. The van der Waals surface area contributed by atoms with Gasteiger partial charge in [-0.05, 0) is 87.1 Å². The van der Waals surface area contributed by atoms with Crippen molar-refractivity contribution in [2.45, 2.75) is 38.5 Å². The molecular weight excluding hydrogens is 320 g/mol. The van der Waals surface area contributed by atoms with E-state index in [1.54, 1.807) is 0 Å². The number of hydrogen-bond donors (Lipinski definition) is 4. The highest BCUT2D eigenvalue weighted by atomic mass is 14.9. The van der Waals surface area contributed by atoms with Gasteiger partial charge in [0.25, 0.3) is 0 Å². The summed E-state index contributed by atoms with van der Waals surface area (Å²) in [6.45, 7) is 4.14. The smallest absolute Gasteiger partial charge is 0.0341 e. The summed E-state index contributed by atoms with van der Waals surface area (Å²) in [5.41, 5.74) is 4.84. The zero-order chi connectivity index (χ0) is 17.9. The monoisotopic (exact) mass is 352 g/mol. The molecule has 4 nitrogen and oxygen atoms in total. The molecule has 4 aliphatic rings. The molecule has 4 bridgehead atoms. The predicted octanol–water partition coefficient (Wildman–Crippen LogP) is 5.39. The first kappa shape index (κ1) is 18.4. The molecule has 0 saturated carbocycles. The molecule has 4 heterocycles. The summed E-state index contributed by atoms with van der Waals surface area (Å²) in [5.74, 6) is 0. The minimum atomic E-state index is 1.03. The molecule has 0 fully saturated rings. The van der Waals surface area contributed by atoms with E-state index in [-0.39, 0.29) is 0 Å². The third-order valence-electron chi connectivity index (χ3n) is 4.79. The van der Waals surface area contributed by atoms with Gasteiger partial charge in [0.05, 0.1) is 0 Å². The van der Waals surface area contributed by atoms with Crippen LogP contribution in [-0.2, 0) is 0 Å². The van der Waals surface area contributed by atoms with Crippen LogP contribution in [0.3, 0.4) is 0 Å². The van der Waals surface area contributed by atoms with E-state index in [2.05, 4.69) is 69.8 Å². The molecule has 0 spiro atoms. The Labute approximate surface area is 157 Å². The van der Waals surface area contributed by atoms with Crippen LogP contribution >= 0.6 is 0 Å². The Morgan fingerprint density at radius 3 is 0.808 bits per heavy atom. The van der Waals surface area contributed by atoms with E-state index in [4.69, 9.17) is 0 Å². The summed E-state index contributed by atoms with van der Waals surface area (Å²) in [4.78, 5) is 0. The molecule has 6 rings (SSSR count). The first-order chi connectivity index (χ1) is 12.9. The zero-order valence-corrected chi connectivity index (χ0v) is 15.7.